The Hall–Kier alpha value is -1.16. The van der Waals surface area contributed by atoms with Crippen LogP contribution < -0.4 is 10.1 Å². The summed E-state index contributed by atoms with van der Waals surface area (Å²) in [4.78, 5) is 0. The molecule has 2 nitrogen and oxygen atoms in total. The van der Waals surface area contributed by atoms with E-state index in [1.165, 1.54) is 44.2 Å². The van der Waals surface area contributed by atoms with Crippen molar-refractivity contribution in [2.75, 3.05) is 13.2 Å². The summed E-state index contributed by atoms with van der Waals surface area (Å²) < 4.78 is 31.8. The minimum absolute atomic E-state index is 0.256. The van der Waals surface area contributed by atoms with E-state index >= 15 is 0 Å². The quantitative estimate of drug-likeness (QED) is 0.855. The molecule has 2 rings (SSSR count). The van der Waals surface area contributed by atoms with Gasteiger partial charge in [0.2, 0.25) is 0 Å². The molecule has 0 aliphatic heterocycles. The largest absolute Gasteiger partial charge is 0.492 e. The van der Waals surface area contributed by atoms with E-state index in [9.17, 15) is 8.78 Å². The summed E-state index contributed by atoms with van der Waals surface area (Å²) in [5.41, 5.74) is 0. The topological polar surface area (TPSA) is 21.3 Å². The molecule has 0 spiro atoms. The predicted octanol–water partition coefficient (Wildman–Crippen LogP) is 3.90. The summed E-state index contributed by atoms with van der Waals surface area (Å²) >= 11 is 0. The first kappa shape index (κ1) is 15.2. The Morgan fingerprint density at radius 1 is 1.15 bits per heavy atom. The summed E-state index contributed by atoms with van der Waals surface area (Å²) in [6.07, 6.45) is 6.25. The Morgan fingerprint density at radius 2 is 1.80 bits per heavy atom. The molecular weight excluding hydrogens is 260 g/mol. The summed E-state index contributed by atoms with van der Waals surface area (Å²) in [5, 5.41) is 3.44. The first-order chi connectivity index (χ1) is 9.69. The van der Waals surface area contributed by atoms with Gasteiger partial charge in [0.25, 0.3) is 0 Å². The fourth-order valence-electron chi connectivity index (χ4n) is 2.96. The maximum absolute atomic E-state index is 13.1. The zero-order valence-electron chi connectivity index (χ0n) is 12.0. The van der Waals surface area contributed by atoms with E-state index in [0.29, 0.717) is 12.5 Å². The third-order valence-electron chi connectivity index (χ3n) is 3.95. The van der Waals surface area contributed by atoms with Gasteiger partial charge >= 0.3 is 0 Å². The molecule has 0 bridgehead atoms. The van der Waals surface area contributed by atoms with E-state index in [1.807, 2.05) is 0 Å². The Bertz CT molecular complexity index is 399. The van der Waals surface area contributed by atoms with Crippen LogP contribution in [0.2, 0.25) is 0 Å². The van der Waals surface area contributed by atoms with Crippen LogP contribution >= 0.6 is 0 Å². The minimum Gasteiger partial charge on any atom is -0.492 e. The molecule has 1 aromatic rings. The van der Waals surface area contributed by atoms with Crippen LogP contribution in [0.3, 0.4) is 0 Å². The number of halogens is 2. The van der Waals surface area contributed by atoms with Crippen molar-refractivity contribution in [1.29, 1.82) is 0 Å². The van der Waals surface area contributed by atoms with E-state index < -0.39 is 11.6 Å². The third-order valence-corrected chi connectivity index (χ3v) is 3.95. The van der Waals surface area contributed by atoms with Crippen LogP contribution in [0.5, 0.6) is 5.75 Å². The molecule has 1 aliphatic carbocycles. The second-order valence-electron chi connectivity index (χ2n) is 5.48. The molecule has 1 N–H and O–H groups in total. The molecular formula is C16H23F2NO. The van der Waals surface area contributed by atoms with E-state index in [2.05, 4.69) is 12.2 Å². The van der Waals surface area contributed by atoms with Gasteiger partial charge in [0.1, 0.15) is 24.0 Å². The molecule has 0 aromatic heterocycles. The summed E-state index contributed by atoms with van der Waals surface area (Å²) in [6.45, 7) is 3.40. The van der Waals surface area contributed by atoms with Crippen molar-refractivity contribution in [3.8, 4) is 5.75 Å². The first-order valence-electron chi connectivity index (χ1n) is 7.51. The monoisotopic (exact) mass is 283 g/mol. The van der Waals surface area contributed by atoms with Crippen molar-refractivity contribution in [1.82, 2.24) is 5.32 Å². The molecule has 1 saturated carbocycles. The lowest BCUT2D eigenvalue weighted by molar-refractivity contribution is 0.187. The average Bonchev–Trinajstić information content (AvgIpc) is 2.43. The van der Waals surface area contributed by atoms with Crippen molar-refractivity contribution in [3.63, 3.8) is 0 Å². The second kappa shape index (κ2) is 7.58. The Kier molecular flexibility index (Phi) is 5.77. The van der Waals surface area contributed by atoms with E-state index in [-0.39, 0.29) is 11.8 Å². The number of nitrogens with one attached hydrogen (secondary N) is 1. The van der Waals surface area contributed by atoms with Gasteiger partial charge < -0.3 is 10.1 Å². The van der Waals surface area contributed by atoms with Gasteiger partial charge in [-0.2, -0.15) is 0 Å². The second-order valence-corrected chi connectivity index (χ2v) is 5.48. The lowest BCUT2D eigenvalue weighted by atomic mass is 9.84. The molecule has 0 radical (unpaired) electrons. The van der Waals surface area contributed by atoms with Crippen LogP contribution in [0.15, 0.2) is 18.2 Å². The van der Waals surface area contributed by atoms with Crippen LogP contribution in [0.1, 0.15) is 39.0 Å². The first-order valence-corrected chi connectivity index (χ1v) is 7.51. The SMILES string of the molecule is CCNC(COc1cc(F)cc(F)c1)C1CCCCC1. The highest BCUT2D eigenvalue weighted by Gasteiger charge is 2.23. The number of ether oxygens (including phenoxy) is 1. The highest BCUT2D eigenvalue weighted by molar-refractivity contribution is 5.23. The summed E-state index contributed by atoms with van der Waals surface area (Å²) in [7, 11) is 0. The molecule has 1 aromatic carbocycles. The Labute approximate surface area is 119 Å². The normalized spacial score (nSPS) is 17.9. The molecule has 1 fully saturated rings. The molecule has 1 atom stereocenters. The molecule has 0 saturated heterocycles. The third kappa shape index (κ3) is 4.44. The van der Waals surface area contributed by atoms with Crippen LogP contribution in [-0.2, 0) is 0 Å². The standard InChI is InChI=1S/C16H23F2NO/c1-2-19-16(12-6-4-3-5-7-12)11-20-15-9-13(17)8-14(18)10-15/h8-10,12,16,19H,2-7,11H2,1H3. The molecule has 1 unspecified atom stereocenters. The number of rotatable bonds is 6. The van der Waals surface area contributed by atoms with Crippen molar-refractivity contribution in [3.05, 3.63) is 29.8 Å². The lowest BCUT2D eigenvalue weighted by Gasteiger charge is -2.30. The predicted molar refractivity (Wildman–Crippen MR) is 75.9 cm³/mol. The zero-order chi connectivity index (χ0) is 14.4. The van der Waals surface area contributed by atoms with E-state index in [4.69, 9.17) is 4.74 Å². The van der Waals surface area contributed by atoms with Gasteiger partial charge in [-0.05, 0) is 25.3 Å². The number of hydrogen-bond acceptors (Lipinski definition) is 2. The average molecular weight is 283 g/mol. The highest BCUT2D eigenvalue weighted by atomic mass is 19.1. The van der Waals surface area contributed by atoms with Crippen molar-refractivity contribution < 1.29 is 13.5 Å². The Morgan fingerprint density at radius 3 is 2.40 bits per heavy atom. The van der Waals surface area contributed by atoms with Crippen LogP contribution in [0.25, 0.3) is 0 Å². The van der Waals surface area contributed by atoms with E-state index in [0.717, 1.165) is 12.6 Å². The van der Waals surface area contributed by atoms with Gasteiger partial charge in [-0.25, -0.2) is 8.78 Å². The Balaban J connectivity index is 1.93. The molecule has 4 heteroatoms. The van der Waals surface area contributed by atoms with Crippen LogP contribution in [0, 0.1) is 17.6 Å². The maximum Gasteiger partial charge on any atom is 0.129 e. The highest BCUT2D eigenvalue weighted by Crippen LogP contribution is 2.27. The van der Waals surface area contributed by atoms with Crippen LogP contribution in [0.4, 0.5) is 8.78 Å². The number of likely N-dealkylation sites (N-methyl/N-ethyl adjacent to an activating group) is 1. The fraction of sp³-hybridized carbons (Fsp3) is 0.625. The van der Waals surface area contributed by atoms with Crippen LogP contribution in [-0.4, -0.2) is 19.2 Å². The van der Waals surface area contributed by atoms with Gasteiger partial charge in [-0.15, -0.1) is 0 Å². The summed E-state index contributed by atoms with van der Waals surface area (Å²) in [5.74, 6) is -0.335. The minimum atomic E-state index is -0.599. The van der Waals surface area contributed by atoms with Gasteiger partial charge in [0.05, 0.1) is 0 Å². The molecule has 1 aliphatic rings. The maximum atomic E-state index is 13.1. The van der Waals surface area contributed by atoms with Crippen molar-refractivity contribution >= 4 is 0 Å². The fourth-order valence-corrected chi connectivity index (χ4v) is 2.96. The van der Waals surface area contributed by atoms with E-state index in [1.54, 1.807) is 0 Å². The zero-order valence-corrected chi connectivity index (χ0v) is 12.0. The smallest absolute Gasteiger partial charge is 0.129 e. The van der Waals surface area contributed by atoms with Gasteiger partial charge in [0, 0.05) is 24.2 Å². The molecule has 112 valence electrons. The summed E-state index contributed by atoms with van der Waals surface area (Å²) in [6, 6.07) is 3.57. The number of benzene rings is 1. The van der Waals surface area contributed by atoms with Gasteiger partial charge in [-0.3, -0.25) is 0 Å². The van der Waals surface area contributed by atoms with Crippen molar-refractivity contribution in [2.24, 2.45) is 5.92 Å². The lowest BCUT2D eigenvalue weighted by Crippen LogP contribution is -2.41. The molecule has 20 heavy (non-hydrogen) atoms. The molecule has 0 amide bonds. The number of hydrogen-bond donors (Lipinski definition) is 1. The van der Waals surface area contributed by atoms with Gasteiger partial charge in [-0.1, -0.05) is 26.2 Å². The van der Waals surface area contributed by atoms with Crippen molar-refractivity contribution in [2.45, 2.75) is 45.1 Å². The molecule has 0 heterocycles. The van der Waals surface area contributed by atoms with Gasteiger partial charge in [0.15, 0.2) is 0 Å².